The topological polar surface area (TPSA) is 68.8 Å². The first-order valence-corrected chi connectivity index (χ1v) is 8.78. The average Bonchev–Trinajstić information content (AvgIpc) is 3.33. The molecule has 0 N–H and O–H groups in total. The Morgan fingerprint density at radius 2 is 2.12 bits per heavy atom. The van der Waals surface area contributed by atoms with Gasteiger partial charge in [0.1, 0.15) is 11.5 Å². The van der Waals surface area contributed by atoms with Gasteiger partial charge in [0.15, 0.2) is 0 Å². The van der Waals surface area contributed by atoms with E-state index in [1.165, 1.54) is 0 Å². The molecule has 4 rings (SSSR count). The molecule has 1 aliphatic heterocycles. The van der Waals surface area contributed by atoms with Gasteiger partial charge in [0.05, 0.1) is 11.7 Å². The average molecular weight is 350 g/mol. The number of carbonyl (C=O) groups is 1. The number of aromatic nitrogens is 5. The van der Waals surface area contributed by atoms with E-state index in [2.05, 4.69) is 26.6 Å². The van der Waals surface area contributed by atoms with Crippen molar-refractivity contribution in [3.8, 4) is 11.4 Å². The predicted octanol–water partition coefficient (Wildman–Crippen LogP) is 2.38. The maximum absolute atomic E-state index is 12.9. The highest BCUT2D eigenvalue weighted by atomic mass is 16.2. The van der Waals surface area contributed by atoms with E-state index in [1.54, 1.807) is 10.9 Å². The lowest BCUT2D eigenvalue weighted by atomic mass is 10.2. The van der Waals surface area contributed by atoms with Gasteiger partial charge in [-0.2, -0.15) is 5.10 Å². The third-order valence-corrected chi connectivity index (χ3v) is 4.94. The maximum Gasteiger partial charge on any atom is 0.272 e. The largest absolute Gasteiger partial charge is 0.335 e. The molecule has 1 fully saturated rings. The van der Waals surface area contributed by atoms with Crippen LogP contribution >= 0.6 is 0 Å². The SMILES string of the molecule is Cc1cc(C(=O)N2CCC(n3c(C)cnc3-c3cccnc3)C2)n(C)n1. The minimum atomic E-state index is 0.0382. The summed E-state index contributed by atoms with van der Waals surface area (Å²) in [7, 11) is 1.81. The van der Waals surface area contributed by atoms with Crippen LogP contribution in [0.25, 0.3) is 11.4 Å². The molecule has 0 spiro atoms. The Morgan fingerprint density at radius 1 is 1.27 bits per heavy atom. The number of rotatable bonds is 3. The van der Waals surface area contributed by atoms with Crippen LogP contribution in [0, 0.1) is 13.8 Å². The molecule has 3 aromatic rings. The van der Waals surface area contributed by atoms with E-state index in [9.17, 15) is 4.79 Å². The van der Waals surface area contributed by atoms with Gasteiger partial charge in [-0.05, 0) is 38.5 Å². The summed E-state index contributed by atoms with van der Waals surface area (Å²) < 4.78 is 3.90. The Balaban J connectivity index is 1.59. The molecule has 0 saturated carbocycles. The van der Waals surface area contributed by atoms with Crippen molar-refractivity contribution in [2.24, 2.45) is 7.05 Å². The molecule has 0 aromatic carbocycles. The number of hydrogen-bond donors (Lipinski definition) is 0. The first-order valence-electron chi connectivity index (χ1n) is 8.78. The van der Waals surface area contributed by atoms with Gasteiger partial charge in [-0.25, -0.2) is 4.98 Å². The van der Waals surface area contributed by atoms with Crippen LogP contribution in [-0.2, 0) is 7.05 Å². The standard InChI is InChI=1S/C19H22N6O/c1-13-9-17(23(3)22-13)19(26)24-8-6-16(12-24)25-14(2)10-21-18(25)15-5-4-7-20-11-15/h4-5,7,9-11,16H,6,8,12H2,1-3H3. The second kappa shape index (κ2) is 6.40. The summed E-state index contributed by atoms with van der Waals surface area (Å²) in [6.07, 6.45) is 6.38. The van der Waals surface area contributed by atoms with E-state index in [0.29, 0.717) is 12.2 Å². The molecule has 1 atom stereocenters. The number of nitrogens with zero attached hydrogens (tertiary/aromatic N) is 6. The molecule has 1 unspecified atom stereocenters. The lowest BCUT2D eigenvalue weighted by Crippen LogP contribution is -2.30. The van der Waals surface area contributed by atoms with Crippen LogP contribution in [0.5, 0.6) is 0 Å². The summed E-state index contributed by atoms with van der Waals surface area (Å²) >= 11 is 0. The highest BCUT2D eigenvalue weighted by molar-refractivity contribution is 5.92. The van der Waals surface area contributed by atoms with Gasteiger partial charge >= 0.3 is 0 Å². The van der Waals surface area contributed by atoms with Crippen LogP contribution in [0.15, 0.2) is 36.8 Å². The van der Waals surface area contributed by atoms with Gasteiger partial charge in [-0.3, -0.25) is 14.5 Å². The zero-order valence-electron chi connectivity index (χ0n) is 15.3. The summed E-state index contributed by atoms with van der Waals surface area (Å²) in [5, 5.41) is 4.29. The molecule has 0 bridgehead atoms. The fraction of sp³-hybridized carbons (Fsp3) is 0.368. The zero-order chi connectivity index (χ0) is 18.3. The lowest BCUT2D eigenvalue weighted by Gasteiger charge is -2.19. The molecule has 4 heterocycles. The van der Waals surface area contributed by atoms with Gasteiger partial charge in [-0.15, -0.1) is 0 Å². The number of pyridine rings is 1. The smallest absolute Gasteiger partial charge is 0.272 e. The van der Waals surface area contributed by atoms with Crippen molar-refractivity contribution in [2.75, 3.05) is 13.1 Å². The highest BCUT2D eigenvalue weighted by Crippen LogP contribution is 2.30. The second-order valence-electron chi connectivity index (χ2n) is 6.82. The number of carbonyl (C=O) groups excluding carboxylic acids is 1. The van der Waals surface area contributed by atoms with Crippen LogP contribution in [0.3, 0.4) is 0 Å². The molecule has 3 aromatic heterocycles. The summed E-state index contributed by atoms with van der Waals surface area (Å²) in [6, 6.07) is 5.99. The van der Waals surface area contributed by atoms with E-state index in [1.807, 2.05) is 49.5 Å². The Kier molecular flexibility index (Phi) is 4.06. The Labute approximate surface area is 152 Å². The molecule has 134 valence electrons. The van der Waals surface area contributed by atoms with Crippen LogP contribution in [-0.4, -0.2) is 48.2 Å². The molecule has 0 radical (unpaired) electrons. The minimum absolute atomic E-state index is 0.0382. The number of aryl methyl sites for hydroxylation is 3. The first kappa shape index (κ1) is 16.5. The number of imidazole rings is 1. The number of amides is 1. The summed E-state index contributed by atoms with van der Waals surface area (Å²) in [4.78, 5) is 23.6. The summed E-state index contributed by atoms with van der Waals surface area (Å²) in [6.45, 7) is 5.37. The lowest BCUT2D eigenvalue weighted by molar-refractivity contribution is 0.0776. The molecule has 1 aliphatic rings. The van der Waals surface area contributed by atoms with Crippen LogP contribution in [0.1, 0.15) is 34.3 Å². The van der Waals surface area contributed by atoms with Crippen molar-refractivity contribution in [1.82, 2.24) is 29.2 Å². The molecule has 0 aliphatic carbocycles. The van der Waals surface area contributed by atoms with Crippen LogP contribution in [0.4, 0.5) is 0 Å². The minimum Gasteiger partial charge on any atom is -0.335 e. The molecule has 7 heteroatoms. The highest BCUT2D eigenvalue weighted by Gasteiger charge is 2.31. The fourth-order valence-corrected chi connectivity index (χ4v) is 3.73. The molecule has 1 saturated heterocycles. The second-order valence-corrected chi connectivity index (χ2v) is 6.82. The summed E-state index contributed by atoms with van der Waals surface area (Å²) in [5.41, 5.74) is 3.58. The maximum atomic E-state index is 12.9. The van der Waals surface area contributed by atoms with Crippen molar-refractivity contribution >= 4 is 5.91 Å². The number of hydrogen-bond acceptors (Lipinski definition) is 4. The fourth-order valence-electron chi connectivity index (χ4n) is 3.73. The normalized spacial score (nSPS) is 17.0. The quantitative estimate of drug-likeness (QED) is 0.727. The zero-order valence-corrected chi connectivity index (χ0v) is 15.3. The van der Waals surface area contributed by atoms with Crippen molar-refractivity contribution in [2.45, 2.75) is 26.3 Å². The van der Waals surface area contributed by atoms with Crippen molar-refractivity contribution in [1.29, 1.82) is 0 Å². The summed E-state index contributed by atoms with van der Waals surface area (Å²) in [5.74, 6) is 0.947. The molecule has 26 heavy (non-hydrogen) atoms. The molecular formula is C19H22N6O. The third kappa shape index (κ3) is 2.79. The van der Waals surface area contributed by atoms with Crippen molar-refractivity contribution in [3.05, 3.63) is 53.9 Å². The first-order chi connectivity index (χ1) is 12.5. The van der Waals surface area contributed by atoms with Crippen LogP contribution < -0.4 is 0 Å². The van der Waals surface area contributed by atoms with Crippen LogP contribution in [0.2, 0.25) is 0 Å². The van der Waals surface area contributed by atoms with Gasteiger partial charge in [0.2, 0.25) is 0 Å². The van der Waals surface area contributed by atoms with Gasteiger partial charge < -0.3 is 9.47 Å². The van der Waals surface area contributed by atoms with E-state index in [-0.39, 0.29) is 11.9 Å². The Morgan fingerprint density at radius 3 is 2.81 bits per heavy atom. The van der Waals surface area contributed by atoms with E-state index in [0.717, 1.165) is 35.7 Å². The van der Waals surface area contributed by atoms with E-state index in [4.69, 9.17) is 0 Å². The Hall–Kier alpha value is -2.96. The van der Waals surface area contributed by atoms with E-state index >= 15 is 0 Å². The molecule has 7 nitrogen and oxygen atoms in total. The third-order valence-electron chi connectivity index (χ3n) is 4.94. The predicted molar refractivity (Wildman–Crippen MR) is 97.7 cm³/mol. The Bertz CT molecular complexity index is 942. The number of likely N-dealkylation sites (tertiary alicyclic amines) is 1. The van der Waals surface area contributed by atoms with Gasteiger partial charge in [-0.1, -0.05) is 0 Å². The molecule has 1 amide bonds. The van der Waals surface area contributed by atoms with Crippen molar-refractivity contribution in [3.63, 3.8) is 0 Å². The van der Waals surface area contributed by atoms with Gasteiger partial charge in [0.25, 0.3) is 5.91 Å². The van der Waals surface area contributed by atoms with Crippen molar-refractivity contribution < 1.29 is 4.79 Å². The van der Waals surface area contributed by atoms with Gasteiger partial charge in [0, 0.05) is 50.0 Å². The molecular weight excluding hydrogens is 328 g/mol. The monoisotopic (exact) mass is 350 g/mol. The van der Waals surface area contributed by atoms with E-state index < -0.39 is 0 Å².